The quantitative estimate of drug-likeness (QED) is 0.430. The fourth-order valence-electron chi connectivity index (χ4n) is 2.87. The van der Waals surface area contributed by atoms with E-state index in [2.05, 4.69) is 32.9 Å². The predicted molar refractivity (Wildman–Crippen MR) is 91.1 cm³/mol. The molecule has 0 aromatic carbocycles. The molecule has 3 heteroatoms. The first-order chi connectivity index (χ1) is 10.2. The molecule has 0 saturated carbocycles. The standard InChI is InChI=1S/C20H28O2.K/c1-15(8-6-9-16(2)14-19(21)22)11-12-18-17(3)10-7-13-20(18,4)5;/h6,8-9,11-12,14H,7,10,13H2,1-5H3,(H,21,22);/q;+1/p-1/b9-6+,12-11+,15-8-,16-14+;. The van der Waals surface area contributed by atoms with Crippen LogP contribution >= 0.6 is 0 Å². The molecule has 0 aromatic heterocycles. The van der Waals surface area contributed by atoms with Crippen molar-refractivity contribution in [2.24, 2.45) is 5.41 Å². The largest absolute Gasteiger partial charge is 1.00 e. The smallest absolute Gasteiger partial charge is 0.545 e. The molecule has 1 aliphatic rings. The van der Waals surface area contributed by atoms with Gasteiger partial charge >= 0.3 is 51.4 Å². The summed E-state index contributed by atoms with van der Waals surface area (Å²) in [6, 6.07) is 0. The van der Waals surface area contributed by atoms with Gasteiger partial charge in [-0.2, -0.15) is 0 Å². The van der Waals surface area contributed by atoms with E-state index in [1.807, 2.05) is 19.1 Å². The summed E-state index contributed by atoms with van der Waals surface area (Å²) in [6.07, 6.45) is 14.8. The Labute approximate surface area is 183 Å². The summed E-state index contributed by atoms with van der Waals surface area (Å²) < 4.78 is 0. The molecule has 0 aliphatic heterocycles. The van der Waals surface area contributed by atoms with Gasteiger partial charge in [-0.1, -0.05) is 55.4 Å². The molecule has 1 rings (SSSR count). The Morgan fingerprint density at radius 1 is 1.17 bits per heavy atom. The minimum atomic E-state index is -1.16. The molecular formula is C20H27KO2. The van der Waals surface area contributed by atoms with Crippen LogP contribution in [0.2, 0.25) is 0 Å². The molecule has 0 amide bonds. The second-order valence-corrected chi connectivity index (χ2v) is 6.74. The molecule has 0 fully saturated rings. The van der Waals surface area contributed by atoms with E-state index in [1.165, 1.54) is 30.4 Å². The van der Waals surface area contributed by atoms with Crippen molar-refractivity contribution in [3.05, 3.63) is 58.7 Å². The maximum Gasteiger partial charge on any atom is 1.00 e. The SMILES string of the molecule is CC1=C(/C=C/C(C)=C\C=C\C(C)=C\C(=O)[O-])C(C)(C)CCC1.[K+]. The van der Waals surface area contributed by atoms with E-state index in [0.29, 0.717) is 5.57 Å². The first kappa shape index (κ1) is 22.8. The number of carbonyl (C=O) groups is 1. The molecule has 0 unspecified atom stereocenters. The van der Waals surface area contributed by atoms with Crippen LogP contribution < -0.4 is 56.5 Å². The van der Waals surface area contributed by atoms with E-state index in [4.69, 9.17) is 0 Å². The molecule has 0 saturated heterocycles. The van der Waals surface area contributed by atoms with E-state index in [9.17, 15) is 9.90 Å². The summed E-state index contributed by atoms with van der Waals surface area (Å²) in [6.45, 7) is 10.6. The van der Waals surface area contributed by atoms with E-state index < -0.39 is 5.97 Å². The molecule has 0 heterocycles. The molecule has 0 N–H and O–H groups in total. The van der Waals surface area contributed by atoms with Gasteiger partial charge in [0.1, 0.15) is 0 Å². The molecule has 0 radical (unpaired) electrons. The number of aliphatic carboxylic acids is 1. The van der Waals surface area contributed by atoms with Crippen LogP contribution in [0.1, 0.15) is 53.9 Å². The monoisotopic (exact) mass is 338 g/mol. The van der Waals surface area contributed by atoms with Gasteiger partial charge in [-0.15, -0.1) is 0 Å². The van der Waals surface area contributed by atoms with Crippen molar-refractivity contribution >= 4 is 5.97 Å². The zero-order valence-electron chi connectivity index (χ0n) is 15.4. The van der Waals surface area contributed by atoms with Crippen molar-refractivity contribution < 1.29 is 61.3 Å². The maximum atomic E-state index is 10.4. The fraction of sp³-hybridized carbons (Fsp3) is 0.450. The molecule has 1 aliphatic carbocycles. The summed E-state index contributed by atoms with van der Waals surface area (Å²) >= 11 is 0. The Morgan fingerprint density at radius 3 is 2.39 bits per heavy atom. The van der Waals surface area contributed by atoms with Crippen LogP contribution in [0.25, 0.3) is 0 Å². The van der Waals surface area contributed by atoms with E-state index in [1.54, 1.807) is 13.0 Å². The van der Waals surface area contributed by atoms with Crippen molar-refractivity contribution in [2.75, 3.05) is 0 Å². The van der Waals surface area contributed by atoms with Gasteiger partial charge in [0, 0.05) is 0 Å². The Morgan fingerprint density at radius 2 is 1.83 bits per heavy atom. The molecule has 23 heavy (non-hydrogen) atoms. The van der Waals surface area contributed by atoms with E-state index in [0.717, 1.165) is 11.6 Å². The number of carboxylic acid groups (broad SMARTS) is 1. The third-order valence-electron chi connectivity index (χ3n) is 4.12. The van der Waals surface area contributed by atoms with Crippen LogP contribution in [0.15, 0.2) is 58.7 Å². The molecule has 2 nitrogen and oxygen atoms in total. The molecule has 0 atom stereocenters. The van der Waals surface area contributed by atoms with Crippen molar-refractivity contribution in [1.29, 1.82) is 0 Å². The van der Waals surface area contributed by atoms with Gasteiger partial charge in [0.05, 0.1) is 5.97 Å². The molecule has 0 spiro atoms. The molecule has 0 bridgehead atoms. The number of hydrogen-bond acceptors (Lipinski definition) is 2. The van der Waals surface area contributed by atoms with Crippen LogP contribution in [0.3, 0.4) is 0 Å². The summed E-state index contributed by atoms with van der Waals surface area (Å²) in [5.41, 5.74) is 4.99. The Hall–Kier alpha value is -0.194. The fourth-order valence-corrected chi connectivity index (χ4v) is 2.87. The Bertz CT molecular complexity index is 572. The number of rotatable bonds is 5. The summed E-state index contributed by atoms with van der Waals surface area (Å²) in [7, 11) is 0. The average molecular weight is 339 g/mol. The molecular weight excluding hydrogens is 311 g/mol. The van der Waals surface area contributed by atoms with Crippen LogP contribution in [-0.2, 0) is 4.79 Å². The van der Waals surface area contributed by atoms with Gasteiger partial charge in [-0.3, -0.25) is 0 Å². The summed E-state index contributed by atoms with van der Waals surface area (Å²) in [4.78, 5) is 10.4. The van der Waals surface area contributed by atoms with Crippen LogP contribution in [0, 0.1) is 5.41 Å². The van der Waals surface area contributed by atoms with Crippen LogP contribution in [0.4, 0.5) is 0 Å². The van der Waals surface area contributed by atoms with Crippen molar-refractivity contribution in [3.63, 3.8) is 0 Å². The second kappa shape index (κ2) is 10.6. The third kappa shape index (κ3) is 8.46. The van der Waals surface area contributed by atoms with Crippen molar-refractivity contribution in [3.8, 4) is 0 Å². The third-order valence-corrected chi connectivity index (χ3v) is 4.12. The van der Waals surface area contributed by atoms with Gasteiger partial charge in [-0.25, -0.2) is 0 Å². The van der Waals surface area contributed by atoms with Crippen molar-refractivity contribution in [1.82, 2.24) is 0 Å². The van der Waals surface area contributed by atoms with Gasteiger partial charge in [0.25, 0.3) is 0 Å². The second-order valence-electron chi connectivity index (χ2n) is 6.74. The zero-order valence-corrected chi connectivity index (χ0v) is 18.5. The molecule has 120 valence electrons. The first-order valence-electron chi connectivity index (χ1n) is 7.85. The van der Waals surface area contributed by atoms with Gasteiger partial charge in [0.2, 0.25) is 0 Å². The van der Waals surface area contributed by atoms with E-state index in [-0.39, 0.29) is 56.8 Å². The number of carbonyl (C=O) groups excluding carboxylic acids is 1. The van der Waals surface area contributed by atoms with Crippen molar-refractivity contribution in [2.45, 2.75) is 53.9 Å². The number of allylic oxidation sites excluding steroid dienone is 9. The summed E-state index contributed by atoms with van der Waals surface area (Å²) in [5.74, 6) is -1.16. The van der Waals surface area contributed by atoms with Crippen LogP contribution in [-0.4, -0.2) is 5.97 Å². The Kier molecular flexibility index (Phi) is 10.5. The van der Waals surface area contributed by atoms with Gasteiger partial charge < -0.3 is 9.90 Å². The molecule has 0 aromatic rings. The topological polar surface area (TPSA) is 40.1 Å². The van der Waals surface area contributed by atoms with E-state index >= 15 is 0 Å². The number of hydrogen-bond donors (Lipinski definition) is 0. The minimum absolute atomic E-state index is 0. The predicted octanol–water partition coefficient (Wildman–Crippen LogP) is 1.27. The summed E-state index contributed by atoms with van der Waals surface area (Å²) in [5, 5.41) is 10.4. The average Bonchev–Trinajstić information content (AvgIpc) is 2.36. The minimum Gasteiger partial charge on any atom is -0.545 e. The zero-order chi connectivity index (χ0) is 16.8. The number of carboxylic acids is 1. The maximum absolute atomic E-state index is 10.4. The van der Waals surface area contributed by atoms with Crippen LogP contribution in [0.5, 0.6) is 0 Å². The van der Waals surface area contributed by atoms with Gasteiger partial charge in [-0.05, 0) is 62.7 Å². The normalized spacial score (nSPS) is 19.3. The Balaban J connectivity index is 0.00000484. The van der Waals surface area contributed by atoms with Gasteiger partial charge in [0.15, 0.2) is 0 Å². The first-order valence-corrected chi connectivity index (χ1v) is 7.85.